The Morgan fingerprint density at radius 3 is 2.66 bits per heavy atom. The van der Waals surface area contributed by atoms with E-state index in [1.54, 1.807) is 12.1 Å². The number of rotatable bonds is 7. The molecule has 1 aliphatic rings. The summed E-state index contributed by atoms with van der Waals surface area (Å²) in [5.41, 5.74) is 0.602. The predicted octanol–water partition coefficient (Wildman–Crippen LogP) is 3.09. The maximum Gasteiger partial charge on any atom is 0.251 e. The van der Waals surface area contributed by atoms with Crippen LogP contribution in [0.1, 0.15) is 61.8 Å². The molecule has 156 valence electrons. The van der Waals surface area contributed by atoms with Gasteiger partial charge in [-0.05, 0) is 37.8 Å². The molecule has 1 aromatic heterocycles. The van der Waals surface area contributed by atoms with E-state index in [1.807, 2.05) is 36.7 Å². The third kappa shape index (κ3) is 5.59. The zero-order valence-corrected chi connectivity index (χ0v) is 18.0. The minimum Gasteiger partial charge on any atom is -0.352 e. The van der Waals surface area contributed by atoms with Gasteiger partial charge in [-0.3, -0.25) is 9.59 Å². The second-order valence-corrected chi connectivity index (χ2v) is 8.63. The van der Waals surface area contributed by atoms with Gasteiger partial charge in [-0.2, -0.15) is 0 Å². The molecule has 3 rings (SSSR count). The molecule has 2 N–H and O–H groups in total. The van der Waals surface area contributed by atoms with Crippen LogP contribution >= 0.6 is 11.8 Å². The van der Waals surface area contributed by atoms with Crippen LogP contribution in [-0.2, 0) is 11.8 Å². The van der Waals surface area contributed by atoms with Crippen molar-refractivity contribution in [1.82, 2.24) is 25.4 Å². The molecule has 1 fully saturated rings. The predicted molar refractivity (Wildman–Crippen MR) is 114 cm³/mol. The quantitative estimate of drug-likeness (QED) is 0.679. The topological polar surface area (TPSA) is 88.9 Å². The van der Waals surface area contributed by atoms with E-state index in [0.717, 1.165) is 6.42 Å². The molecule has 0 unspecified atom stereocenters. The fraction of sp³-hybridized carbons (Fsp3) is 0.524. The minimum atomic E-state index is -0.300. The number of carbonyl (C=O) groups excluding carboxylic acids is 2. The number of amides is 2. The van der Waals surface area contributed by atoms with E-state index in [2.05, 4.69) is 27.8 Å². The molecule has 7 nitrogen and oxygen atoms in total. The van der Waals surface area contributed by atoms with Crippen molar-refractivity contribution < 1.29 is 9.59 Å². The second-order valence-electron chi connectivity index (χ2n) is 7.69. The van der Waals surface area contributed by atoms with Gasteiger partial charge in [0.15, 0.2) is 11.0 Å². The first-order valence-electron chi connectivity index (χ1n) is 10.1. The summed E-state index contributed by atoms with van der Waals surface area (Å²) in [4.78, 5) is 24.7. The van der Waals surface area contributed by atoms with Crippen LogP contribution in [0, 0.1) is 5.92 Å². The van der Waals surface area contributed by atoms with Crippen LogP contribution in [0.25, 0.3) is 0 Å². The third-order valence-electron chi connectivity index (χ3n) is 5.43. The smallest absolute Gasteiger partial charge is 0.251 e. The SMILES string of the molecule is C[C@H](NC(=O)c1ccccc1)c1nnc(SCC(=O)N[C@@H]2CCCC[C@H]2C)n1C. The summed E-state index contributed by atoms with van der Waals surface area (Å²) >= 11 is 1.36. The Labute approximate surface area is 176 Å². The summed E-state index contributed by atoms with van der Waals surface area (Å²) in [5, 5.41) is 15.2. The molecule has 2 aromatic rings. The first-order chi connectivity index (χ1) is 14.0. The lowest BCUT2D eigenvalue weighted by Crippen LogP contribution is -2.41. The summed E-state index contributed by atoms with van der Waals surface area (Å²) in [7, 11) is 1.85. The fourth-order valence-electron chi connectivity index (χ4n) is 3.67. The Hall–Kier alpha value is -2.35. The highest BCUT2D eigenvalue weighted by Gasteiger charge is 2.23. The van der Waals surface area contributed by atoms with Crippen molar-refractivity contribution in [3.05, 3.63) is 41.7 Å². The zero-order valence-electron chi connectivity index (χ0n) is 17.2. The Bertz CT molecular complexity index is 839. The lowest BCUT2D eigenvalue weighted by atomic mass is 9.86. The van der Waals surface area contributed by atoms with E-state index in [1.165, 1.54) is 31.0 Å². The highest BCUT2D eigenvalue weighted by Crippen LogP contribution is 2.24. The van der Waals surface area contributed by atoms with Gasteiger partial charge in [0.05, 0.1) is 11.8 Å². The highest BCUT2D eigenvalue weighted by molar-refractivity contribution is 7.99. The van der Waals surface area contributed by atoms with Gasteiger partial charge in [-0.15, -0.1) is 10.2 Å². The number of nitrogens with one attached hydrogen (secondary N) is 2. The first kappa shape index (κ1) is 21.4. The molecule has 3 atom stereocenters. The molecular formula is C21H29N5O2S. The zero-order chi connectivity index (χ0) is 20.8. The van der Waals surface area contributed by atoms with Crippen molar-refractivity contribution in [2.45, 2.75) is 56.8 Å². The van der Waals surface area contributed by atoms with E-state index in [0.29, 0.717) is 28.2 Å². The maximum absolute atomic E-state index is 12.4. The summed E-state index contributed by atoms with van der Waals surface area (Å²) < 4.78 is 1.83. The summed E-state index contributed by atoms with van der Waals surface area (Å²) in [6, 6.07) is 9.05. The van der Waals surface area contributed by atoms with E-state index in [4.69, 9.17) is 0 Å². The van der Waals surface area contributed by atoms with Crippen LogP contribution in [0.5, 0.6) is 0 Å². The van der Waals surface area contributed by atoms with Crippen molar-refractivity contribution in [3.63, 3.8) is 0 Å². The summed E-state index contributed by atoms with van der Waals surface area (Å²) in [6.45, 7) is 4.08. The molecule has 8 heteroatoms. The maximum atomic E-state index is 12.4. The average Bonchev–Trinajstić information content (AvgIpc) is 3.09. The van der Waals surface area contributed by atoms with Crippen molar-refractivity contribution in [2.75, 3.05) is 5.75 Å². The minimum absolute atomic E-state index is 0.0312. The van der Waals surface area contributed by atoms with Gasteiger partial charge in [-0.25, -0.2) is 0 Å². The number of hydrogen-bond acceptors (Lipinski definition) is 5. The van der Waals surface area contributed by atoms with Crippen LogP contribution in [0.4, 0.5) is 0 Å². The Morgan fingerprint density at radius 2 is 1.93 bits per heavy atom. The second kappa shape index (κ2) is 9.91. The number of benzene rings is 1. The molecule has 0 spiro atoms. The first-order valence-corrected chi connectivity index (χ1v) is 11.1. The van der Waals surface area contributed by atoms with Crippen LogP contribution in [0.15, 0.2) is 35.5 Å². The summed E-state index contributed by atoms with van der Waals surface area (Å²) in [5.74, 6) is 1.37. The molecule has 29 heavy (non-hydrogen) atoms. The van der Waals surface area contributed by atoms with Gasteiger partial charge in [0, 0.05) is 18.7 Å². The molecular weight excluding hydrogens is 386 g/mol. The largest absolute Gasteiger partial charge is 0.352 e. The standard InChI is InChI=1S/C21H29N5O2S/c1-14-9-7-8-12-17(14)23-18(27)13-29-21-25-24-19(26(21)3)15(2)22-20(28)16-10-5-4-6-11-16/h4-6,10-11,14-15,17H,7-9,12-13H2,1-3H3,(H,22,28)(H,23,27)/t14-,15+,17-/m1/s1. The van der Waals surface area contributed by atoms with Gasteiger partial charge in [-0.1, -0.05) is 49.7 Å². The molecule has 0 radical (unpaired) electrons. The molecule has 1 aliphatic carbocycles. The normalized spacial score (nSPS) is 20.1. The lowest BCUT2D eigenvalue weighted by Gasteiger charge is -2.29. The molecule has 0 bridgehead atoms. The van der Waals surface area contributed by atoms with Crippen LogP contribution in [-0.4, -0.2) is 38.4 Å². The highest BCUT2D eigenvalue weighted by atomic mass is 32.2. The van der Waals surface area contributed by atoms with Crippen LogP contribution < -0.4 is 10.6 Å². The number of thioether (sulfide) groups is 1. The van der Waals surface area contributed by atoms with Gasteiger partial charge >= 0.3 is 0 Å². The Balaban J connectivity index is 1.53. The Morgan fingerprint density at radius 1 is 1.21 bits per heavy atom. The lowest BCUT2D eigenvalue weighted by molar-refractivity contribution is -0.119. The van der Waals surface area contributed by atoms with Gasteiger partial charge in [0.2, 0.25) is 5.91 Å². The van der Waals surface area contributed by atoms with Crippen molar-refractivity contribution in [1.29, 1.82) is 0 Å². The van der Waals surface area contributed by atoms with E-state index in [-0.39, 0.29) is 23.9 Å². The number of hydrogen-bond donors (Lipinski definition) is 2. The number of carbonyl (C=O) groups is 2. The van der Waals surface area contributed by atoms with E-state index >= 15 is 0 Å². The molecule has 2 amide bonds. The number of aromatic nitrogens is 3. The van der Waals surface area contributed by atoms with Gasteiger partial charge < -0.3 is 15.2 Å². The van der Waals surface area contributed by atoms with Gasteiger partial charge in [0.25, 0.3) is 5.91 Å². The molecule has 0 aliphatic heterocycles. The summed E-state index contributed by atoms with van der Waals surface area (Å²) in [6.07, 6.45) is 4.67. The molecule has 1 aromatic carbocycles. The fourth-order valence-corrected chi connectivity index (χ4v) is 4.40. The van der Waals surface area contributed by atoms with Gasteiger partial charge in [0.1, 0.15) is 0 Å². The molecule has 0 saturated heterocycles. The third-order valence-corrected chi connectivity index (χ3v) is 6.45. The average molecular weight is 416 g/mol. The number of nitrogens with zero attached hydrogens (tertiary/aromatic N) is 3. The van der Waals surface area contributed by atoms with Crippen LogP contribution in [0.2, 0.25) is 0 Å². The monoisotopic (exact) mass is 415 g/mol. The molecule has 1 saturated carbocycles. The van der Waals surface area contributed by atoms with Crippen molar-refractivity contribution in [3.8, 4) is 0 Å². The Kier molecular flexibility index (Phi) is 7.30. The van der Waals surface area contributed by atoms with Crippen molar-refractivity contribution in [2.24, 2.45) is 13.0 Å². The van der Waals surface area contributed by atoms with E-state index < -0.39 is 0 Å². The van der Waals surface area contributed by atoms with Crippen LogP contribution in [0.3, 0.4) is 0 Å². The van der Waals surface area contributed by atoms with Crippen molar-refractivity contribution >= 4 is 23.6 Å². The molecule has 1 heterocycles. The van der Waals surface area contributed by atoms with E-state index in [9.17, 15) is 9.59 Å².